The topological polar surface area (TPSA) is 75.9 Å². The Labute approximate surface area is 104 Å². The standard InChI is InChI=1S/C12H14FN5/c13-9-3-1-2-4-10(9)18-12-7-11(15-6-5-14)16-8-17-12/h1-4,7-8H,5-6,14H2,(H2,15,16,17,18). The van der Waals surface area contributed by atoms with Gasteiger partial charge in [0, 0.05) is 19.2 Å². The van der Waals surface area contributed by atoms with Crippen molar-refractivity contribution in [3.63, 3.8) is 0 Å². The number of para-hydroxylation sites is 1. The maximum Gasteiger partial charge on any atom is 0.146 e. The Morgan fingerprint density at radius 2 is 1.94 bits per heavy atom. The number of anilines is 3. The highest BCUT2D eigenvalue weighted by atomic mass is 19.1. The van der Waals surface area contributed by atoms with Crippen molar-refractivity contribution in [3.8, 4) is 0 Å². The number of hydrogen-bond acceptors (Lipinski definition) is 5. The summed E-state index contributed by atoms with van der Waals surface area (Å²) < 4.78 is 13.4. The first-order valence-electron chi connectivity index (χ1n) is 5.57. The summed E-state index contributed by atoms with van der Waals surface area (Å²) in [5.74, 6) is 0.844. The van der Waals surface area contributed by atoms with E-state index < -0.39 is 0 Å². The molecule has 2 aromatic rings. The monoisotopic (exact) mass is 247 g/mol. The predicted molar refractivity (Wildman–Crippen MR) is 69.3 cm³/mol. The van der Waals surface area contributed by atoms with Crippen molar-refractivity contribution in [2.24, 2.45) is 5.73 Å². The smallest absolute Gasteiger partial charge is 0.146 e. The van der Waals surface area contributed by atoms with E-state index in [0.717, 1.165) is 0 Å². The first-order chi connectivity index (χ1) is 8.79. The van der Waals surface area contributed by atoms with Gasteiger partial charge < -0.3 is 16.4 Å². The first-order valence-corrected chi connectivity index (χ1v) is 5.57. The van der Waals surface area contributed by atoms with Crippen molar-refractivity contribution in [1.29, 1.82) is 0 Å². The van der Waals surface area contributed by atoms with Crippen molar-refractivity contribution in [1.82, 2.24) is 9.97 Å². The quantitative estimate of drug-likeness (QED) is 0.750. The molecule has 0 aliphatic carbocycles. The summed E-state index contributed by atoms with van der Waals surface area (Å²) in [4.78, 5) is 8.05. The van der Waals surface area contributed by atoms with Crippen LogP contribution in [0.25, 0.3) is 0 Å². The van der Waals surface area contributed by atoms with Crippen molar-refractivity contribution >= 4 is 17.3 Å². The summed E-state index contributed by atoms with van der Waals surface area (Å²) in [5.41, 5.74) is 5.76. The van der Waals surface area contributed by atoms with E-state index in [4.69, 9.17) is 5.73 Å². The lowest BCUT2D eigenvalue weighted by Gasteiger charge is -2.08. The molecule has 2 rings (SSSR count). The number of nitrogens with one attached hydrogen (secondary N) is 2. The fourth-order valence-electron chi connectivity index (χ4n) is 1.42. The molecule has 0 saturated carbocycles. The van der Waals surface area contributed by atoms with Gasteiger partial charge in [0.15, 0.2) is 0 Å². The molecule has 0 saturated heterocycles. The van der Waals surface area contributed by atoms with Crippen LogP contribution in [-0.2, 0) is 0 Å². The summed E-state index contributed by atoms with van der Waals surface area (Å²) >= 11 is 0. The number of benzene rings is 1. The van der Waals surface area contributed by atoms with Crippen molar-refractivity contribution in [2.45, 2.75) is 0 Å². The van der Waals surface area contributed by atoms with Crippen LogP contribution < -0.4 is 16.4 Å². The fourth-order valence-corrected chi connectivity index (χ4v) is 1.42. The lowest BCUT2D eigenvalue weighted by Crippen LogP contribution is -2.14. The van der Waals surface area contributed by atoms with E-state index in [1.165, 1.54) is 12.4 Å². The van der Waals surface area contributed by atoms with Crippen LogP contribution in [0.2, 0.25) is 0 Å². The Kier molecular flexibility index (Phi) is 4.03. The Bertz CT molecular complexity index is 517. The highest BCUT2D eigenvalue weighted by molar-refractivity contribution is 5.59. The molecule has 94 valence electrons. The van der Waals surface area contributed by atoms with E-state index in [1.54, 1.807) is 24.3 Å². The minimum Gasteiger partial charge on any atom is -0.369 e. The number of aromatic nitrogens is 2. The van der Waals surface area contributed by atoms with Gasteiger partial charge in [0.1, 0.15) is 23.8 Å². The van der Waals surface area contributed by atoms with Crippen LogP contribution in [-0.4, -0.2) is 23.1 Å². The lowest BCUT2D eigenvalue weighted by molar-refractivity contribution is 0.632. The summed E-state index contributed by atoms with van der Waals surface area (Å²) in [7, 11) is 0. The molecule has 1 aromatic heterocycles. The van der Waals surface area contributed by atoms with Gasteiger partial charge in [-0.1, -0.05) is 12.1 Å². The van der Waals surface area contributed by atoms with Crippen LogP contribution >= 0.6 is 0 Å². The summed E-state index contributed by atoms with van der Waals surface area (Å²) in [5, 5.41) is 5.92. The molecule has 0 radical (unpaired) electrons. The highest BCUT2D eigenvalue weighted by Gasteiger charge is 2.02. The molecule has 0 atom stereocenters. The van der Waals surface area contributed by atoms with Gasteiger partial charge in [0.2, 0.25) is 0 Å². The Balaban J connectivity index is 2.12. The molecule has 4 N–H and O–H groups in total. The second-order valence-electron chi connectivity index (χ2n) is 3.61. The molecular weight excluding hydrogens is 233 g/mol. The molecule has 0 fully saturated rings. The molecular formula is C12H14FN5. The van der Waals surface area contributed by atoms with Gasteiger partial charge >= 0.3 is 0 Å². The largest absolute Gasteiger partial charge is 0.369 e. The van der Waals surface area contributed by atoms with Crippen LogP contribution in [0.4, 0.5) is 21.7 Å². The van der Waals surface area contributed by atoms with Crippen LogP contribution in [0, 0.1) is 5.82 Å². The van der Waals surface area contributed by atoms with E-state index in [2.05, 4.69) is 20.6 Å². The first kappa shape index (κ1) is 12.3. The SMILES string of the molecule is NCCNc1cc(Nc2ccccc2F)ncn1. The van der Waals surface area contributed by atoms with Gasteiger partial charge in [-0.25, -0.2) is 14.4 Å². The minimum absolute atomic E-state index is 0.326. The Morgan fingerprint density at radius 1 is 1.17 bits per heavy atom. The second kappa shape index (κ2) is 5.92. The minimum atomic E-state index is -0.326. The van der Waals surface area contributed by atoms with Crippen LogP contribution in [0.5, 0.6) is 0 Å². The van der Waals surface area contributed by atoms with Gasteiger partial charge in [0.05, 0.1) is 5.69 Å². The van der Waals surface area contributed by atoms with Gasteiger partial charge in [-0.3, -0.25) is 0 Å². The average Bonchev–Trinajstić information content (AvgIpc) is 2.40. The second-order valence-corrected chi connectivity index (χ2v) is 3.61. The number of rotatable bonds is 5. The van der Waals surface area contributed by atoms with E-state index >= 15 is 0 Å². The molecule has 0 aliphatic rings. The predicted octanol–water partition coefficient (Wildman–Crippen LogP) is 1.73. The maximum absolute atomic E-state index is 13.4. The number of halogens is 1. The van der Waals surface area contributed by atoms with Crippen LogP contribution in [0.3, 0.4) is 0 Å². The highest BCUT2D eigenvalue weighted by Crippen LogP contribution is 2.18. The fraction of sp³-hybridized carbons (Fsp3) is 0.167. The summed E-state index contributed by atoms with van der Waals surface area (Å²) in [6.07, 6.45) is 1.40. The molecule has 5 nitrogen and oxygen atoms in total. The van der Waals surface area contributed by atoms with E-state index in [1.807, 2.05) is 0 Å². The normalized spacial score (nSPS) is 10.1. The van der Waals surface area contributed by atoms with Crippen molar-refractivity contribution < 1.29 is 4.39 Å². The molecule has 1 aromatic carbocycles. The van der Waals surface area contributed by atoms with Gasteiger partial charge in [-0.05, 0) is 12.1 Å². The van der Waals surface area contributed by atoms with Crippen LogP contribution in [0.15, 0.2) is 36.7 Å². The molecule has 0 spiro atoms. The molecule has 18 heavy (non-hydrogen) atoms. The molecule has 0 amide bonds. The van der Waals surface area contributed by atoms with E-state index in [0.29, 0.717) is 30.4 Å². The Hall–Kier alpha value is -2.21. The van der Waals surface area contributed by atoms with Gasteiger partial charge in [-0.15, -0.1) is 0 Å². The molecule has 1 heterocycles. The Morgan fingerprint density at radius 3 is 2.72 bits per heavy atom. The van der Waals surface area contributed by atoms with E-state index in [-0.39, 0.29) is 5.82 Å². The number of nitrogens with two attached hydrogens (primary N) is 1. The van der Waals surface area contributed by atoms with Crippen LogP contribution in [0.1, 0.15) is 0 Å². The zero-order chi connectivity index (χ0) is 12.8. The van der Waals surface area contributed by atoms with Gasteiger partial charge in [0.25, 0.3) is 0 Å². The zero-order valence-corrected chi connectivity index (χ0v) is 9.73. The third-order valence-corrected chi connectivity index (χ3v) is 2.25. The zero-order valence-electron chi connectivity index (χ0n) is 9.73. The van der Waals surface area contributed by atoms with Gasteiger partial charge in [-0.2, -0.15) is 0 Å². The van der Waals surface area contributed by atoms with Crippen molar-refractivity contribution in [2.75, 3.05) is 23.7 Å². The maximum atomic E-state index is 13.4. The van der Waals surface area contributed by atoms with E-state index in [9.17, 15) is 4.39 Å². The number of hydrogen-bond donors (Lipinski definition) is 3. The molecule has 0 unspecified atom stereocenters. The number of nitrogens with zero attached hydrogens (tertiary/aromatic N) is 2. The average molecular weight is 247 g/mol. The molecule has 0 bridgehead atoms. The third kappa shape index (κ3) is 3.14. The molecule has 0 aliphatic heterocycles. The summed E-state index contributed by atoms with van der Waals surface area (Å²) in [6, 6.07) is 8.11. The lowest BCUT2D eigenvalue weighted by atomic mass is 10.3. The summed E-state index contributed by atoms with van der Waals surface area (Å²) in [6.45, 7) is 1.14. The van der Waals surface area contributed by atoms with Crippen molar-refractivity contribution in [3.05, 3.63) is 42.5 Å². The third-order valence-electron chi connectivity index (χ3n) is 2.25. The molecule has 6 heteroatoms.